The summed E-state index contributed by atoms with van der Waals surface area (Å²) in [5.41, 5.74) is -0.277. The predicted molar refractivity (Wildman–Crippen MR) is 64.4 cm³/mol. The third-order valence-corrected chi connectivity index (χ3v) is 3.03. The molecule has 0 radical (unpaired) electrons. The summed E-state index contributed by atoms with van der Waals surface area (Å²) in [5.74, 6) is -1.29. The number of benzene rings is 1. The van der Waals surface area contributed by atoms with E-state index in [1.165, 1.54) is 0 Å². The number of fused-ring (bicyclic) bond motifs is 1. The lowest BCUT2D eigenvalue weighted by Crippen LogP contribution is -2.38. The molecule has 0 saturated heterocycles. The second-order valence-electron chi connectivity index (χ2n) is 4.26. The molecular weight excluding hydrogens is 252 g/mol. The van der Waals surface area contributed by atoms with E-state index in [-0.39, 0.29) is 11.1 Å². The third-order valence-electron chi connectivity index (χ3n) is 3.03. The van der Waals surface area contributed by atoms with Crippen molar-refractivity contribution in [3.8, 4) is 12.3 Å². The van der Waals surface area contributed by atoms with E-state index in [0.717, 1.165) is 17.0 Å². The van der Waals surface area contributed by atoms with Crippen LogP contribution in [0.15, 0.2) is 12.1 Å². The van der Waals surface area contributed by atoms with Gasteiger partial charge in [-0.05, 0) is 18.6 Å². The van der Waals surface area contributed by atoms with Crippen molar-refractivity contribution in [2.24, 2.45) is 0 Å². The molecule has 1 heterocycles. The first-order chi connectivity index (χ1) is 9.01. The highest BCUT2D eigenvalue weighted by Crippen LogP contribution is 2.27. The minimum absolute atomic E-state index is 0.139. The van der Waals surface area contributed by atoms with Gasteiger partial charge in [-0.1, -0.05) is 19.3 Å². The van der Waals surface area contributed by atoms with E-state index in [1.54, 1.807) is 0 Å². The van der Waals surface area contributed by atoms with E-state index in [2.05, 4.69) is 5.92 Å². The SMILES string of the molecule is C#CC(CCC)N1C(=O)c2cc(F)c(F)cc2C1=O. The van der Waals surface area contributed by atoms with Crippen LogP contribution in [0, 0.1) is 24.0 Å². The Kier molecular flexibility index (Phi) is 3.34. The average Bonchev–Trinajstić information content (AvgIpc) is 2.61. The van der Waals surface area contributed by atoms with E-state index in [0.29, 0.717) is 12.8 Å². The van der Waals surface area contributed by atoms with Crippen LogP contribution in [-0.4, -0.2) is 22.8 Å². The number of halogens is 2. The molecule has 0 fully saturated rings. The highest BCUT2D eigenvalue weighted by Gasteiger charge is 2.40. The van der Waals surface area contributed by atoms with Crippen LogP contribution in [0.2, 0.25) is 0 Å². The van der Waals surface area contributed by atoms with E-state index < -0.39 is 29.5 Å². The topological polar surface area (TPSA) is 37.4 Å². The van der Waals surface area contributed by atoms with Crippen LogP contribution in [0.5, 0.6) is 0 Å². The van der Waals surface area contributed by atoms with Gasteiger partial charge in [-0.15, -0.1) is 6.42 Å². The normalized spacial score (nSPS) is 15.4. The number of hydrogen-bond donors (Lipinski definition) is 0. The third kappa shape index (κ3) is 1.99. The predicted octanol–water partition coefficient (Wildman–Crippen LogP) is 2.36. The Balaban J connectivity index is 2.47. The van der Waals surface area contributed by atoms with Gasteiger partial charge in [0.15, 0.2) is 11.6 Å². The molecule has 2 amide bonds. The summed E-state index contributed by atoms with van der Waals surface area (Å²) in [6, 6.07) is 0.790. The number of rotatable bonds is 3. The molecule has 0 N–H and O–H groups in total. The summed E-state index contributed by atoms with van der Waals surface area (Å²) in [6.07, 6.45) is 6.45. The van der Waals surface area contributed by atoms with Crippen molar-refractivity contribution in [3.63, 3.8) is 0 Å². The molecule has 1 unspecified atom stereocenters. The zero-order chi connectivity index (χ0) is 14.2. The van der Waals surface area contributed by atoms with Gasteiger partial charge in [-0.25, -0.2) is 8.78 Å². The summed E-state index contributed by atoms with van der Waals surface area (Å²) >= 11 is 0. The smallest absolute Gasteiger partial charge is 0.262 e. The maximum absolute atomic E-state index is 13.1. The summed E-state index contributed by atoms with van der Waals surface area (Å²) < 4.78 is 26.3. The van der Waals surface area contributed by atoms with Crippen molar-refractivity contribution < 1.29 is 18.4 Å². The summed E-state index contributed by atoms with van der Waals surface area (Å²) in [5, 5.41) is 0. The monoisotopic (exact) mass is 263 g/mol. The van der Waals surface area contributed by atoms with Crippen LogP contribution in [0.1, 0.15) is 40.5 Å². The van der Waals surface area contributed by atoms with Gasteiger partial charge in [0.05, 0.1) is 11.1 Å². The van der Waals surface area contributed by atoms with Gasteiger partial charge in [0.1, 0.15) is 6.04 Å². The molecule has 2 rings (SSSR count). The Hall–Kier alpha value is -2.22. The number of imide groups is 1. The standard InChI is InChI=1S/C14H11F2NO2/c1-3-5-8(4-2)17-13(18)9-6-11(15)12(16)7-10(9)14(17)19/h2,6-8H,3,5H2,1H3. The number of hydrogen-bond acceptors (Lipinski definition) is 2. The lowest BCUT2D eigenvalue weighted by atomic mass is 10.1. The molecule has 98 valence electrons. The van der Waals surface area contributed by atoms with Crippen LogP contribution in [0.3, 0.4) is 0 Å². The van der Waals surface area contributed by atoms with Crippen molar-refractivity contribution in [3.05, 3.63) is 34.9 Å². The van der Waals surface area contributed by atoms with Crippen molar-refractivity contribution in [1.82, 2.24) is 4.90 Å². The highest BCUT2D eigenvalue weighted by molar-refractivity contribution is 6.21. The van der Waals surface area contributed by atoms with Crippen LogP contribution in [0.25, 0.3) is 0 Å². The quantitative estimate of drug-likeness (QED) is 0.620. The second kappa shape index (κ2) is 4.81. The molecule has 1 aromatic carbocycles. The van der Waals surface area contributed by atoms with Crippen LogP contribution >= 0.6 is 0 Å². The van der Waals surface area contributed by atoms with E-state index in [9.17, 15) is 18.4 Å². The van der Waals surface area contributed by atoms with Crippen molar-refractivity contribution in [2.45, 2.75) is 25.8 Å². The number of nitrogens with zero attached hydrogens (tertiary/aromatic N) is 1. The van der Waals surface area contributed by atoms with Gasteiger partial charge in [-0.2, -0.15) is 0 Å². The first-order valence-corrected chi connectivity index (χ1v) is 5.84. The average molecular weight is 263 g/mol. The van der Waals surface area contributed by atoms with Crippen molar-refractivity contribution in [1.29, 1.82) is 0 Å². The Morgan fingerprint density at radius 3 is 2.05 bits per heavy atom. The van der Waals surface area contributed by atoms with E-state index in [4.69, 9.17) is 6.42 Å². The Bertz CT molecular complexity index is 563. The largest absolute Gasteiger partial charge is 0.269 e. The molecule has 19 heavy (non-hydrogen) atoms. The second-order valence-corrected chi connectivity index (χ2v) is 4.26. The van der Waals surface area contributed by atoms with Crippen molar-refractivity contribution in [2.75, 3.05) is 0 Å². The van der Waals surface area contributed by atoms with E-state index >= 15 is 0 Å². The molecule has 0 aliphatic carbocycles. The number of carbonyl (C=O) groups is 2. The molecule has 0 saturated carbocycles. The zero-order valence-corrected chi connectivity index (χ0v) is 10.2. The van der Waals surface area contributed by atoms with Gasteiger partial charge in [0.2, 0.25) is 0 Å². The molecular formula is C14H11F2NO2. The first-order valence-electron chi connectivity index (χ1n) is 5.84. The van der Waals surface area contributed by atoms with Crippen LogP contribution in [-0.2, 0) is 0 Å². The molecule has 3 nitrogen and oxygen atoms in total. The first kappa shape index (κ1) is 13.2. The van der Waals surface area contributed by atoms with Crippen molar-refractivity contribution >= 4 is 11.8 Å². The fourth-order valence-corrected chi connectivity index (χ4v) is 2.10. The maximum Gasteiger partial charge on any atom is 0.262 e. The molecule has 1 aliphatic rings. The fraction of sp³-hybridized carbons (Fsp3) is 0.286. The van der Waals surface area contributed by atoms with Crippen LogP contribution < -0.4 is 0 Å². The zero-order valence-electron chi connectivity index (χ0n) is 10.2. The number of carbonyl (C=O) groups excluding carboxylic acids is 2. The molecule has 0 spiro atoms. The fourth-order valence-electron chi connectivity index (χ4n) is 2.10. The molecule has 0 aromatic heterocycles. The Labute approximate surface area is 109 Å². The summed E-state index contributed by atoms with van der Waals surface area (Å²) in [4.78, 5) is 25.0. The number of amides is 2. The molecule has 1 atom stereocenters. The lowest BCUT2D eigenvalue weighted by Gasteiger charge is -2.20. The summed E-state index contributed by atoms with van der Waals surface area (Å²) in [7, 11) is 0. The lowest BCUT2D eigenvalue weighted by molar-refractivity contribution is 0.0614. The molecule has 5 heteroatoms. The minimum Gasteiger partial charge on any atom is -0.269 e. The number of terminal acetylenes is 1. The maximum atomic E-state index is 13.1. The highest BCUT2D eigenvalue weighted by atomic mass is 19.2. The molecule has 1 aliphatic heterocycles. The van der Waals surface area contributed by atoms with Gasteiger partial charge in [-0.3, -0.25) is 14.5 Å². The summed E-state index contributed by atoms with van der Waals surface area (Å²) in [6.45, 7) is 1.86. The van der Waals surface area contributed by atoms with Gasteiger partial charge >= 0.3 is 0 Å². The molecule has 0 bridgehead atoms. The molecule has 1 aromatic rings. The van der Waals surface area contributed by atoms with Gasteiger partial charge < -0.3 is 0 Å². The van der Waals surface area contributed by atoms with Crippen LogP contribution in [0.4, 0.5) is 8.78 Å². The van der Waals surface area contributed by atoms with Gasteiger partial charge in [0, 0.05) is 0 Å². The minimum atomic E-state index is -1.16. The van der Waals surface area contributed by atoms with Gasteiger partial charge in [0.25, 0.3) is 11.8 Å². The van der Waals surface area contributed by atoms with E-state index in [1.807, 2.05) is 6.92 Å². The Morgan fingerprint density at radius 1 is 1.21 bits per heavy atom. The Morgan fingerprint density at radius 2 is 1.68 bits per heavy atom.